The van der Waals surface area contributed by atoms with Crippen LogP contribution in [-0.2, 0) is 22.5 Å². The number of likely N-dealkylation sites (N-methyl/N-ethyl adjacent to an activating group) is 1. The fraction of sp³-hybridized carbons (Fsp3) is 0.727. The van der Waals surface area contributed by atoms with Crippen LogP contribution in [0.5, 0.6) is 0 Å². The highest BCUT2D eigenvalue weighted by Gasteiger charge is 2.54. The topological polar surface area (TPSA) is 58.6 Å². The van der Waals surface area contributed by atoms with E-state index in [4.69, 9.17) is 4.74 Å². The standard InChI is InChI=1S/C22H30N2O3S.ClH/c1-3-27-20(25)18-16-4-5-24(2)12-17(16)28-19(18)23-21(26)22-9-13-6-14(10-22)8-15(7-13)11-22;/h13-15H,3-12H2,1-2H3,(H,23,26);1H. The minimum atomic E-state index is -0.287. The van der Waals surface area contributed by atoms with E-state index in [0.717, 1.165) is 67.1 Å². The van der Waals surface area contributed by atoms with Gasteiger partial charge in [-0.1, -0.05) is 0 Å². The van der Waals surface area contributed by atoms with E-state index in [2.05, 4.69) is 17.3 Å². The molecule has 7 heteroatoms. The largest absolute Gasteiger partial charge is 0.462 e. The zero-order chi connectivity index (χ0) is 19.5. The highest BCUT2D eigenvalue weighted by molar-refractivity contribution is 7.17. The number of nitrogens with one attached hydrogen (secondary N) is 1. The first-order valence-electron chi connectivity index (χ1n) is 10.8. The Morgan fingerprint density at radius 2 is 1.79 bits per heavy atom. The maximum atomic E-state index is 13.5. The zero-order valence-electron chi connectivity index (χ0n) is 17.3. The molecule has 5 aliphatic rings. The molecule has 1 aromatic heterocycles. The first-order valence-corrected chi connectivity index (χ1v) is 11.6. The van der Waals surface area contributed by atoms with Gasteiger partial charge in [0.1, 0.15) is 5.00 Å². The Morgan fingerprint density at radius 1 is 1.17 bits per heavy atom. The Hall–Kier alpha value is -1.11. The Kier molecular flexibility index (Phi) is 5.73. The van der Waals surface area contributed by atoms with Gasteiger partial charge in [-0.25, -0.2) is 4.79 Å². The summed E-state index contributed by atoms with van der Waals surface area (Å²) in [6.45, 7) is 3.95. The van der Waals surface area contributed by atoms with E-state index < -0.39 is 0 Å². The SMILES string of the molecule is CCOC(=O)c1c(NC(=O)C23CC4CC(CC(C4)C2)C3)sc2c1CCN(C)C2.Cl. The lowest BCUT2D eigenvalue weighted by Crippen LogP contribution is -2.51. The van der Waals surface area contributed by atoms with Crippen LogP contribution in [0.3, 0.4) is 0 Å². The Morgan fingerprint density at radius 3 is 2.38 bits per heavy atom. The number of carbonyl (C=O) groups is 2. The lowest BCUT2D eigenvalue weighted by atomic mass is 9.49. The predicted molar refractivity (Wildman–Crippen MR) is 117 cm³/mol. The maximum absolute atomic E-state index is 13.5. The van der Waals surface area contributed by atoms with Crippen LogP contribution in [0.2, 0.25) is 0 Å². The van der Waals surface area contributed by atoms with Crippen LogP contribution in [0.1, 0.15) is 66.2 Å². The van der Waals surface area contributed by atoms with E-state index in [0.29, 0.717) is 12.2 Å². The number of ether oxygens (including phenoxy) is 1. The summed E-state index contributed by atoms with van der Waals surface area (Å²) in [5.74, 6) is 2.06. The van der Waals surface area contributed by atoms with Crippen molar-refractivity contribution in [2.24, 2.45) is 23.2 Å². The van der Waals surface area contributed by atoms with Gasteiger partial charge in [0.05, 0.1) is 17.6 Å². The van der Waals surface area contributed by atoms with Gasteiger partial charge in [0.2, 0.25) is 5.91 Å². The number of rotatable bonds is 4. The second kappa shape index (κ2) is 7.86. The number of fused-ring (bicyclic) bond motifs is 1. The van der Waals surface area contributed by atoms with E-state index in [9.17, 15) is 9.59 Å². The highest BCUT2D eigenvalue weighted by atomic mass is 35.5. The first kappa shape index (κ1) is 21.1. The fourth-order valence-electron chi connectivity index (χ4n) is 6.66. The number of amides is 1. The summed E-state index contributed by atoms with van der Waals surface area (Å²) in [5.41, 5.74) is 1.50. The van der Waals surface area contributed by atoms with E-state index in [1.807, 2.05) is 6.92 Å². The van der Waals surface area contributed by atoms with Gasteiger partial charge in [0, 0.05) is 18.0 Å². The molecular weight excluding hydrogens is 408 g/mol. The van der Waals surface area contributed by atoms with Crippen molar-refractivity contribution in [2.75, 3.05) is 25.5 Å². The molecule has 4 aliphatic carbocycles. The maximum Gasteiger partial charge on any atom is 0.341 e. The average Bonchev–Trinajstić information content (AvgIpc) is 2.97. The molecule has 5 nitrogen and oxygen atoms in total. The number of hydrogen-bond donors (Lipinski definition) is 1. The van der Waals surface area contributed by atoms with Crippen molar-refractivity contribution < 1.29 is 14.3 Å². The van der Waals surface area contributed by atoms with Gasteiger partial charge in [0.15, 0.2) is 0 Å². The van der Waals surface area contributed by atoms with Gasteiger partial charge >= 0.3 is 5.97 Å². The van der Waals surface area contributed by atoms with Crippen LogP contribution < -0.4 is 5.32 Å². The van der Waals surface area contributed by atoms with Crippen molar-refractivity contribution in [3.05, 3.63) is 16.0 Å². The van der Waals surface area contributed by atoms with E-state index in [1.54, 1.807) is 11.3 Å². The van der Waals surface area contributed by atoms with Gasteiger partial charge in [-0.05, 0) is 82.2 Å². The third-order valence-corrected chi connectivity index (χ3v) is 8.61. The van der Waals surface area contributed by atoms with Crippen molar-refractivity contribution in [3.8, 4) is 0 Å². The number of anilines is 1. The van der Waals surface area contributed by atoms with Crippen LogP contribution in [0.15, 0.2) is 0 Å². The van der Waals surface area contributed by atoms with E-state index >= 15 is 0 Å². The number of carbonyl (C=O) groups excluding carboxylic acids is 2. The van der Waals surface area contributed by atoms with Crippen LogP contribution >= 0.6 is 23.7 Å². The Labute approximate surface area is 183 Å². The summed E-state index contributed by atoms with van der Waals surface area (Å²) >= 11 is 1.58. The lowest BCUT2D eigenvalue weighted by molar-refractivity contribution is -0.140. The molecule has 1 N–H and O–H groups in total. The summed E-state index contributed by atoms with van der Waals surface area (Å²) in [5, 5.41) is 3.96. The number of halogens is 1. The monoisotopic (exact) mass is 438 g/mol. The second-order valence-electron chi connectivity index (χ2n) is 9.57. The molecule has 0 saturated heterocycles. The number of nitrogens with zero attached hydrogens (tertiary/aromatic N) is 1. The van der Waals surface area contributed by atoms with Gasteiger partial charge in [-0.15, -0.1) is 23.7 Å². The second-order valence-corrected chi connectivity index (χ2v) is 10.7. The summed E-state index contributed by atoms with van der Waals surface area (Å²) < 4.78 is 5.35. The van der Waals surface area contributed by atoms with Crippen molar-refractivity contribution in [1.29, 1.82) is 0 Å². The molecule has 4 saturated carbocycles. The van der Waals surface area contributed by atoms with Crippen molar-refractivity contribution >= 4 is 40.6 Å². The van der Waals surface area contributed by atoms with Gasteiger partial charge in [0.25, 0.3) is 0 Å². The average molecular weight is 439 g/mol. The fourth-order valence-corrected chi connectivity index (χ4v) is 7.97. The summed E-state index contributed by atoms with van der Waals surface area (Å²) in [6, 6.07) is 0. The number of thiophene rings is 1. The molecule has 0 spiro atoms. The van der Waals surface area contributed by atoms with Gasteiger partial charge < -0.3 is 15.0 Å². The number of esters is 1. The molecule has 0 atom stereocenters. The summed E-state index contributed by atoms with van der Waals surface area (Å²) in [6.07, 6.45) is 7.90. The molecule has 1 aliphatic heterocycles. The van der Waals surface area contributed by atoms with Crippen LogP contribution in [0.25, 0.3) is 0 Å². The lowest BCUT2D eigenvalue weighted by Gasteiger charge is -2.55. The molecule has 160 valence electrons. The molecule has 0 aromatic carbocycles. The van der Waals surface area contributed by atoms with Crippen LogP contribution in [0, 0.1) is 23.2 Å². The molecule has 0 unspecified atom stereocenters. The van der Waals surface area contributed by atoms with Crippen LogP contribution in [0.4, 0.5) is 5.00 Å². The molecule has 1 amide bonds. The summed E-state index contributed by atoms with van der Waals surface area (Å²) in [7, 11) is 2.10. The first-order chi connectivity index (χ1) is 13.5. The van der Waals surface area contributed by atoms with Gasteiger partial charge in [-0.3, -0.25) is 4.79 Å². The minimum Gasteiger partial charge on any atom is -0.462 e. The van der Waals surface area contributed by atoms with Crippen molar-refractivity contribution in [3.63, 3.8) is 0 Å². The van der Waals surface area contributed by atoms with E-state index in [-0.39, 0.29) is 29.7 Å². The molecule has 29 heavy (non-hydrogen) atoms. The molecular formula is C22H31ClN2O3S. The minimum absolute atomic E-state index is 0. The quantitative estimate of drug-likeness (QED) is 0.703. The van der Waals surface area contributed by atoms with Crippen LogP contribution in [-0.4, -0.2) is 37.0 Å². The molecule has 1 aromatic rings. The predicted octanol–water partition coefficient (Wildman–Crippen LogP) is 4.49. The highest BCUT2D eigenvalue weighted by Crippen LogP contribution is 2.60. The third-order valence-electron chi connectivity index (χ3n) is 7.47. The molecule has 6 rings (SSSR count). The Balaban J connectivity index is 0.00000205. The Bertz CT molecular complexity index is 786. The van der Waals surface area contributed by atoms with Gasteiger partial charge in [-0.2, -0.15) is 0 Å². The smallest absolute Gasteiger partial charge is 0.341 e. The number of hydrogen-bond acceptors (Lipinski definition) is 5. The zero-order valence-corrected chi connectivity index (χ0v) is 18.9. The third kappa shape index (κ3) is 3.61. The molecule has 4 bridgehead atoms. The molecule has 0 radical (unpaired) electrons. The normalized spacial score (nSPS) is 32.4. The molecule has 2 heterocycles. The van der Waals surface area contributed by atoms with Crippen molar-refractivity contribution in [1.82, 2.24) is 4.90 Å². The van der Waals surface area contributed by atoms with Crippen molar-refractivity contribution in [2.45, 2.75) is 58.4 Å². The molecule has 4 fully saturated rings. The summed E-state index contributed by atoms with van der Waals surface area (Å²) in [4.78, 5) is 29.7. The van der Waals surface area contributed by atoms with E-state index in [1.165, 1.54) is 24.1 Å².